The monoisotopic (exact) mass is 335 g/mol. The summed E-state index contributed by atoms with van der Waals surface area (Å²) in [7, 11) is 0. The van der Waals surface area contributed by atoms with E-state index in [9.17, 15) is 9.59 Å². The molecule has 7 nitrogen and oxygen atoms in total. The van der Waals surface area contributed by atoms with Gasteiger partial charge in [0.1, 0.15) is 0 Å². The zero-order valence-electron chi connectivity index (χ0n) is 13.6. The van der Waals surface area contributed by atoms with Gasteiger partial charge >= 0.3 is 0 Å². The zero-order valence-corrected chi connectivity index (χ0v) is 13.6. The number of hydrogen-bond donors (Lipinski definition) is 2. The number of benzene rings is 2. The standard InChI is InChI=1S/C18H17N5O2/c1-12-6-8-14(9-7-12)23-11-16(21-22-23)18(25)20-15-5-3-2-4-13(15)10-17(19)24/h2-9,11H,10H2,1H3,(H2,19,24)(H,20,25). The number of primary amides is 1. The second-order valence-corrected chi connectivity index (χ2v) is 5.64. The third-order valence-electron chi connectivity index (χ3n) is 3.65. The van der Waals surface area contributed by atoms with Gasteiger partial charge in [0.15, 0.2) is 5.69 Å². The molecule has 7 heteroatoms. The Hall–Kier alpha value is -3.48. The average molecular weight is 335 g/mol. The van der Waals surface area contributed by atoms with E-state index >= 15 is 0 Å². The Morgan fingerprint density at radius 2 is 1.84 bits per heavy atom. The molecule has 2 amide bonds. The van der Waals surface area contributed by atoms with Crippen LogP contribution in [-0.4, -0.2) is 26.8 Å². The Bertz CT molecular complexity index is 915. The lowest BCUT2D eigenvalue weighted by molar-refractivity contribution is -0.117. The number of nitrogens with two attached hydrogens (primary N) is 1. The number of rotatable bonds is 5. The Morgan fingerprint density at radius 3 is 2.56 bits per heavy atom. The Morgan fingerprint density at radius 1 is 1.12 bits per heavy atom. The smallest absolute Gasteiger partial charge is 0.277 e. The fourth-order valence-electron chi connectivity index (χ4n) is 2.36. The summed E-state index contributed by atoms with van der Waals surface area (Å²) in [6.45, 7) is 1.99. The maximum absolute atomic E-state index is 12.4. The summed E-state index contributed by atoms with van der Waals surface area (Å²) in [5, 5.41) is 10.6. The van der Waals surface area contributed by atoms with Gasteiger partial charge < -0.3 is 11.1 Å². The van der Waals surface area contributed by atoms with E-state index in [0.29, 0.717) is 11.3 Å². The molecule has 0 radical (unpaired) electrons. The molecule has 0 aliphatic carbocycles. The SMILES string of the molecule is Cc1ccc(-n2cc(C(=O)Nc3ccccc3CC(N)=O)nn2)cc1. The van der Waals surface area contributed by atoms with Crippen molar-refractivity contribution >= 4 is 17.5 Å². The fraction of sp³-hybridized carbons (Fsp3) is 0.111. The number of aryl methyl sites for hydroxylation is 1. The van der Waals surface area contributed by atoms with Gasteiger partial charge in [0.05, 0.1) is 18.3 Å². The number of aromatic nitrogens is 3. The highest BCUT2D eigenvalue weighted by atomic mass is 16.2. The van der Waals surface area contributed by atoms with E-state index in [2.05, 4.69) is 15.6 Å². The highest BCUT2D eigenvalue weighted by Crippen LogP contribution is 2.17. The molecule has 0 fully saturated rings. The molecule has 0 saturated carbocycles. The molecule has 3 rings (SSSR count). The predicted molar refractivity (Wildman–Crippen MR) is 93.4 cm³/mol. The van der Waals surface area contributed by atoms with Crippen molar-refractivity contribution in [2.75, 3.05) is 5.32 Å². The normalized spacial score (nSPS) is 10.4. The minimum Gasteiger partial charge on any atom is -0.369 e. The second-order valence-electron chi connectivity index (χ2n) is 5.64. The van der Waals surface area contributed by atoms with E-state index in [0.717, 1.165) is 11.3 Å². The van der Waals surface area contributed by atoms with Crippen LogP contribution >= 0.6 is 0 Å². The summed E-state index contributed by atoms with van der Waals surface area (Å²) >= 11 is 0. The largest absolute Gasteiger partial charge is 0.369 e. The molecule has 0 aliphatic rings. The minimum absolute atomic E-state index is 0.0481. The van der Waals surface area contributed by atoms with Crippen molar-refractivity contribution in [2.24, 2.45) is 5.73 Å². The second kappa shape index (κ2) is 6.96. The van der Waals surface area contributed by atoms with Crippen LogP contribution in [0.3, 0.4) is 0 Å². The summed E-state index contributed by atoms with van der Waals surface area (Å²) in [6.07, 6.45) is 1.60. The van der Waals surface area contributed by atoms with E-state index in [-0.39, 0.29) is 12.1 Å². The van der Waals surface area contributed by atoms with E-state index < -0.39 is 11.8 Å². The number of carbonyl (C=O) groups is 2. The maximum atomic E-state index is 12.4. The minimum atomic E-state index is -0.466. The molecule has 0 aliphatic heterocycles. The van der Waals surface area contributed by atoms with Crippen molar-refractivity contribution in [1.29, 1.82) is 0 Å². The number of amides is 2. The Labute approximate surface area is 144 Å². The van der Waals surface area contributed by atoms with Gasteiger partial charge in [-0.15, -0.1) is 5.10 Å². The third-order valence-corrected chi connectivity index (χ3v) is 3.65. The summed E-state index contributed by atoms with van der Waals surface area (Å²) in [4.78, 5) is 23.6. The first kappa shape index (κ1) is 16.4. The van der Waals surface area contributed by atoms with Crippen molar-refractivity contribution < 1.29 is 9.59 Å². The third kappa shape index (κ3) is 3.89. The van der Waals surface area contributed by atoms with Crippen molar-refractivity contribution in [2.45, 2.75) is 13.3 Å². The van der Waals surface area contributed by atoms with Gasteiger partial charge in [0, 0.05) is 5.69 Å². The number of anilines is 1. The van der Waals surface area contributed by atoms with Gasteiger partial charge in [-0.1, -0.05) is 41.1 Å². The summed E-state index contributed by atoms with van der Waals surface area (Å²) in [6, 6.07) is 14.7. The first-order valence-corrected chi connectivity index (χ1v) is 7.70. The van der Waals surface area contributed by atoms with E-state index in [1.807, 2.05) is 31.2 Å². The van der Waals surface area contributed by atoms with E-state index in [4.69, 9.17) is 5.73 Å². The summed E-state index contributed by atoms with van der Waals surface area (Å²) in [5.41, 5.74) is 8.53. The Balaban J connectivity index is 1.79. The van der Waals surface area contributed by atoms with Crippen molar-refractivity contribution in [3.05, 3.63) is 71.5 Å². The maximum Gasteiger partial charge on any atom is 0.277 e. The quantitative estimate of drug-likeness (QED) is 0.742. The highest BCUT2D eigenvalue weighted by molar-refractivity contribution is 6.03. The predicted octanol–water partition coefficient (Wildman–Crippen LogP) is 1.86. The van der Waals surface area contributed by atoms with Crippen molar-refractivity contribution in [3.8, 4) is 5.69 Å². The fourth-order valence-corrected chi connectivity index (χ4v) is 2.36. The molecule has 3 N–H and O–H groups in total. The van der Waals surface area contributed by atoms with Gasteiger partial charge in [-0.3, -0.25) is 9.59 Å². The van der Waals surface area contributed by atoms with Gasteiger partial charge in [0.25, 0.3) is 5.91 Å². The molecular weight excluding hydrogens is 318 g/mol. The molecule has 0 atom stereocenters. The zero-order chi connectivity index (χ0) is 17.8. The van der Waals surface area contributed by atoms with Crippen LogP contribution in [0.25, 0.3) is 5.69 Å². The van der Waals surface area contributed by atoms with E-state index in [1.165, 1.54) is 4.68 Å². The molecule has 0 spiro atoms. The van der Waals surface area contributed by atoms with E-state index in [1.54, 1.807) is 30.5 Å². The molecule has 25 heavy (non-hydrogen) atoms. The number of carbonyl (C=O) groups excluding carboxylic acids is 2. The first-order chi connectivity index (χ1) is 12.0. The van der Waals surface area contributed by atoms with Gasteiger partial charge in [-0.25, -0.2) is 4.68 Å². The van der Waals surface area contributed by atoms with Gasteiger partial charge in [-0.05, 0) is 30.7 Å². The van der Waals surface area contributed by atoms with Crippen LogP contribution in [-0.2, 0) is 11.2 Å². The lowest BCUT2D eigenvalue weighted by atomic mass is 10.1. The van der Waals surface area contributed by atoms with Crippen LogP contribution in [0.2, 0.25) is 0 Å². The highest BCUT2D eigenvalue weighted by Gasteiger charge is 2.14. The molecule has 1 aromatic heterocycles. The lowest BCUT2D eigenvalue weighted by Crippen LogP contribution is -2.17. The molecular formula is C18H17N5O2. The molecule has 3 aromatic rings. The number of nitrogens with zero attached hydrogens (tertiary/aromatic N) is 3. The molecule has 0 saturated heterocycles. The van der Waals surface area contributed by atoms with Crippen LogP contribution in [0.5, 0.6) is 0 Å². The summed E-state index contributed by atoms with van der Waals surface area (Å²) < 4.78 is 1.53. The topological polar surface area (TPSA) is 103 Å². The number of nitrogens with one attached hydrogen (secondary N) is 1. The molecule has 2 aromatic carbocycles. The molecule has 1 heterocycles. The first-order valence-electron chi connectivity index (χ1n) is 7.70. The Kier molecular flexibility index (Phi) is 4.56. The van der Waals surface area contributed by atoms with Gasteiger partial charge in [-0.2, -0.15) is 0 Å². The van der Waals surface area contributed by atoms with Crippen LogP contribution in [0.15, 0.2) is 54.7 Å². The lowest BCUT2D eigenvalue weighted by Gasteiger charge is -2.08. The van der Waals surface area contributed by atoms with Crippen molar-refractivity contribution in [3.63, 3.8) is 0 Å². The van der Waals surface area contributed by atoms with Crippen molar-refractivity contribution in [1.82, 2.24) is 15.0 Å². The van der Waals surface area contributed by atoms with Gasteiger partial charge in [0.2, 0.25) is 5.91 Å². The average Bonchev–Trinajstić information content (AvgIpc) is 3.07. The van der Waals surface area contributed by atoms with Crippen LogP contribution in [0.4, 0.5) is 5.69 Å². The molecule has 0 bridgehead atoms. The number of hydrogen-bond acceptors (Lipinski definition) is 4. The van der Waals surface area contributed by atoms with Crippen LogP contribution < -0.4 is 11.1 Å². The number of para-hydroxylation sites is 1. The van der Waals surface area contributed by atoms with Crippen LogP contribution in [0, 0.1) is 6.92 Å². The molecule has 126 valence electrons. The molecule has 0 unspecified atom stereocenters. The summed E-state index contributed by atoms with van der Waals surface area (Å²) in [5.74, 6) is -0.873. The van der Waals surface area contributed by atoms with Crippen LogP contribution in [0.1, 0.15) is 21.6 Å².